The Morgan fingerprint density at radius 2 is 2.10 bits per heavy atom. The molecule has 100 valence electrons. The zero-order valence-electron chi connectivity index (χ0n) is 10.7. The number of hydrogen-bond donors (Lipinski definition) is 1. The quantitative estimate of drug-likeness (QED) is 0.728. The average molecular weight is 268 g/mol. The molecule has 3 heterocycles. The summed E-state index contributed by atoms with van der Waals surface area (Å²) >= 11 is 0. The lowest BCUT2D eigenvalue weighted by Crippen LogP contribution is -2.22. The van der Waals surface area contributed by atoms with Gasteiger partial charge in [-0.1, -0.05) is 0 Å². The number of nitrogens with one attached hydrogen (secondary N) is 1. The fourth-order valence-corrected chi connectivity index (χ4v) is 2.68. The number of aromatic nitrogens is 6. The number of aromatic amines is 1. The van der Waals surface area contributed by atoms with E-state index in [1.165, 1.54) is 34.5 Å². The molecule has 0 saturated heterocycles. The first-order valence-electron chi connectivity index (χ1n) is 6.54. The van der Waals surface area contributed by atoms with E-state index in [0.29, 0.717) is 17.7 Å². The Labute approximate surface area is 113 Å². The Hall–Kier alpha value is -2.57. The van der Waals surface area contributed by atoms with Gasteiger partial charge in [-0.2, -0.15) is 5.10 Å². The SMILES string of the molecule is O=c1c2nccnc2ncn1Cc1n[nH]c2c1CCC2. The summed E-state index contributed by atoms with van der Waals surface area (Å²) < 4.78 is 1.53. The molecule has 0 atom stereocenters. The molecule has 0 spiro atoms. The Kier molecular flexibility index (Phi) is 2.38. The molecule has 0 aliphatic heterocycles. The van der Waals surface area contributed by atoms with Crippen LogP contribution >= 0.6 is 0 Å². The van der Waals surface area contributed by atoms with Gasteiger partial charge in [-0.3, -0.25) is 14.5 Å². The minimum atomic E-state index is -0.183. The van der Waals surface area contributed by atoms with Gasteiger partial charge in [0.25, 0.3) is 5.56 Å². The van der Waals surface area contributed by atoms with Crippen LogP contribution in [0.1, 0.15) is 23.4 Å². The average Bonchev–Trinajstić information content (AvgIpc) is 3.07. The van der Waals surface area contributed by atoms with Gasteiger partial charge < -0.3 is 0 Å². The van der Waals surface area contributed by atoms with Crippen molar-refractivity contribution in [3.8, 4) is 0 Å². The van der Waals surface area contributed by atoms with Crippen LogP contribution in [0.25, 0.3) is 11.2 Å². The van der Waals surface area contributed by atoms with Crippen LogP contribution in [0, 0.1) is 0 Å². The fourth-order valence-electron chi connectivity index (χ4n) is 2.68. The monoisotopic (exact) mass is 268 g/mol. The molecule has 3 aromatic heterocycles. The molecular formula is C13H12N6O. The second-order valence-electron chi connectivity index (χ2n) is 4.89. The number of aryl methyl sites for hydroxylation is 1. The first-order valence-corrected chi connectivity index (χ1v) is 6.54. The minimum absolute atomic E-state index is 0.183. The van der Waals surface area contributed by atoms with Gasteiger partial charge in [0.2, 0.25) is 0 Å². The first-order chi connectivity index (χ1) is 9.83. The number of rotatable bonds is 2. The molecule has 0 amide bonds. The molecule has 3 aromatic rings. The summed E-state index contributed by atoms with van der Waals surface area (Å²) in [6, 6.07) is 0. The summed E-state index contributed by atoms with van der Waals surface area (Å²) in [6.07, 6.45) is 7.75. The van der Waals surface area contributed by atoms with Gasteiger partial charge in [0.1, 0.15) is 6.33 Å². The lowest BCUT2D eigenvalue weighted by Gasteiger charge is -2.04. The first kappa shape index (κ1) is 11.3. The molecule has 1 aliphatic carbocycles. The fraction of sp³-hybridized carbons (Fsp3) is 0.308. The molecule has 0 saturated carbocycles. The van der Waals surface area contributed by atoms with E-state index in [9.17, 15) is 4.79 Å². The third-order valence-electron chi connectivity index (χ3n) is 3.67. The van der Waals surface area contributed by atoms with E-state index in [0.717, 1.165) is 25.0 Å². The lowest BCUT2D eigenvalue weighted by molar-refractivity contribution is 0.710. The maximum absolute atomic E-state index is 12.3. The topological polar surface area (TPSA) is 89.3 Å². The van der Waals surface area contributed by atoms with E-state index < -0.39 is 0 Å². The van der Waals surface area contributed by atoms with Crippen LogP contribution in [-0.2, 0) is 19.4 Å². The van der Waals surface area contributed by atoms with Gasteiger partial charge in [0.05, 0.1) is 12.2 Å². The largest absolute Gasteiger partial charge is 0.291 e. The van der Waals surface area contributed by atoms with Gasteiger partial charge in [-0.25, -0.2) is 15.0 Å². The smallest absolute Gasteiger partial charge is 0.281 e. The van der Waals surface area contributed by atoms with Crippen LogP contribution in [0.2, 0.25) is 0 Å². The Bertz CT molecular complexity index is 849. The van der Waals surface area contributed by atoms with Crippen LogP contribution in [0.5, 0.6) is 0 Å². The highest BCUT2D eigenvalue weighted by molar-refractivity contribution is 5.66. The van der Waals surface area contributed by atoms with Crippen molar-refractivity contribution in [2.45, 2.75) is 25.8 Å². The zero-order valence-corrected chi connectivity index (χ0v) is 10.7. The van der Waals surface area contributed by atoms with E-state index in [1.54, 1.807) is 0 Å². The minimum Gasteiger partial charge on any atom is -0.291 e. The number of H-pyrrole nitrogens is 1. The van der Waals surface area contributed by atoms with Crippen molar-refractivity contribution >= 4 is 11.2 Å². The molecule has 0 radical (unpaired) electrons. The molecule has 0 aromatic carbocycles. The van der Waals surface area contributed by atoms with E-state index in [2.05, 4.69) is 25.1 Å². The summed E-state index contributed by atoms with van der Waals surface area (Å²) in [4.78, 5) is 24.6. The summed E-state index contributed by atoms with van der Waals surface area (Å²) in [5, 5.41) is 7.36. The molecule has 0 unspecified atom stereocenters. The Morgan fingerprint density at radius 1 is 1.20 bits per heavy atom. The van der Waals surface area contributed by atoms with Crippen LogP contribution in [0.15, 0.2) is 23.5 Å². The molecule has 1 aliphatic rings. The van der Waals surface area contributed by atoms with Gasteiger partial charge in [0.15, 0.2) is 11.2 Å². The second-order valence-corrected chi connectivity index (χ2v) is 4.89. The molecular weight excluding hydrogens is 256 g/mol. The third kappa shape index (κ3) is 1.63. The van der Waals surface area contributed by atoms with Crippen molar-refractivity contribution < 1.29 is 0 Å². The number of hydrogen-bond acceptors (Lipinski definition) is 5. The van der Waals surface area contributed by atoms with E-state index >= 15 is 0 Å². The summed E-state index contributed by atoms with van der Waals surface area (Å²) in [6.45, 7) is 0.421. The van der Waals surface area contributed by atoms with Crippen molar-refractivity contribution in [1.82, 2.24) is 29.7 Å². The molecule has 4 rings (SSSR count). The van der Waals surface area contributed by atoms with Gasteiger partial charge in [-0.15, -0.1) is 0 Å². The second kappa shape index (κ2) is 4.22. The van der Waals surface area contributed by atoms with Gasteiger partial charge in [-0.05, 0) is 24.8 Å². The van der Waals surface area contributed by atoms with Gasteiger partial charge >= 0.3 is 0 Å². The lowest BCUT2D eigenvalue weighted by atomic mass is 10.2. The summed E-state index contributed by atoms with van der Waals surface area (Å²) in [5.41, 5.74) is 3.85. The Balaban J connectivity index is 1.79. The van der Waals surface area contributed by atoms with Crippen molar-refractivity contribution in [1.29, 1.82) is 0 Å². The standard InChI is InChI=1S/C13H12N6O/c20-13-11-12(15-5-4-14-11)16-7-19(13)6-10-8-2-1-3-9(8)17-18-10/h4-5,7H,1-3,6H2,(H,17,18). The maximum Gasteiger partial charge on any atom is 0.281 e. The molecule has 1 N–H and O–H groups in total. The molecule has 7 heteroatoms. The van der Waals surface area contributed by atoms with Crippen molar-refractivity contribution in [2.75, 3.05) is 0 Å². The Morgan fingerprint density at radius 3 is 3.05 bits per heavy atom. The van der Waals surface area contributed by atoms with Crippen LogP contribution in [0.4, 0.5) is 0 Å². The number of nitrogens with zero attached hydrogens (tertiary/aromatic N) is 5. The molecule has 20 heavy (non-hydrogen) atoms. The molecule has 7 nitrogen and oxygen atoms in total. The predicted octanol–water partition coefficient (Wildman–Crippen LogP) is 0.447. The summed E-state index contributed by atoms with van der Waals surface area (Å²) in [5.74, 6) is 0. The zero-order chi connectivity index (χ0) is 13.5. The van der Waals surface area contributed by atoms with Crippen molar-refractivity contribution in [2.24, 2.45) is 0 Å². The van der Waals surface area contributed by atoms with Gasteiger partial charge in [0, 0.05) is 18.1 Å². The van der Waals surface area contributed by atoms with E-state index in [-0.39, 0.29) is 5.56 Å². The van der Waals surface area contributed by atoms with Crippen LogP contribution in [-0.4, -0.2) is 29.7 Å². The van der Waals surface area contributed by atoms with Crippen LogP contribution < -0.4 is 5.56 Å². The normalized spacial score (nSPS) is 13.8. The highest BCUT2D eigenvalue weighted by Crippen LogP contribution is 2.22. The van der Waals surface area contributed by atoms with Crippen molar-refractivity contribution in [3.05, 3.63) is 46.0 Å². The predicted molar refractivity (Wildman–Crippen MR) is 71.3 cm³/mol. The summed E-state index contributed by atoms with van der Waals surface area (Å²) in [7, 11) is 0. The molecule has 0 bridgehead atoms. The van der Waals surface area contributed by atoms with E-state index in [1.807, 2.05) is 0 Å². The van der Waals surface area contributed by atoms with Crippen LogP contribution in [0.3, 0.4) is 0 Å². The number of fused-ring (bicyclic) bond motifs is 2. The van der Waals surface area contributed by atoms with Crippen molar-refractivity contribution in [3.63, 3.8) is 0 Å². The van der Waals surface area contributed by atoms with E-state index in [4.69, 9.17) is 0 Å². The molecule has 0 fully saturated rings. The highest BCUT2D eigenvalue weighted by Gasteiger charge is 2.19. The maximum atomic E-state index is 12.3. The third-order valence-corrected chi connectivity index (χ3v) is 3.67. The highest BCUT2D eigenvalue weighted by atomic mass is 16.1.